The second kappa shape index (κ2) is 12.3. The van der Waals surface area contributed by atoms with Crippen LogP contribution in [0.5, 0.6) is 0 Å². The van der Waals surface area contributed by atoms with Gasteiger partial charge in [-0.15, -0.1) is 0 Å². The van der Waals surface area contributed by atoms with E-state index < -0.39 is 0 Å². The molecule has 4 nitrogen and oxygen atoms in total. The highest BCUT2D eigenvalue weighted by Crippen LogP contribution is 2.37. The average molecular weight is 339 g/mol. The summed E-state index contributed by atoms with van der Waals surface area (Å²) in [7, 11) is 0. The zero-order valence-electron chi connectivity index (χ0n) is 15.5. The van der Waals surface area contributed by atoms with Gasteiger partial charge in [-0.2, -0.15) is 0 Å². The largest absolute Gasteiger partial charge is 0.370 e. The fraction of sp³-hybridized carbons (Fsp3) is 0.900. The number of primary amides is 2. The molecule has 0 aromatic carbocycles. The Bertz CT molecular complexity index is 357. The number of carbonyl (C=O) groups excluding carboxylic acids is 2. The Hall–Kier alpha value is -1.06. The standard InChI is InChI=1S/C20H38N2O2/c21-18(23)14-10-6-5-9-13-17-20(19(22)24)15-11-7-3-1-2-4-8-12-16-20/h1-17H2,(H2,21,23)(H2,22,24). The summed E-state index contributed by atoms with van der Waals surface area (Å²) in [6.07, 6.45) is 18.7. The van der Waals surface area contributed by atoms with Crippen molar-refractivity contribution in [1.29, 1.82) is 0 Å². The van der Waals surface area contributed by atoms with Crippen molar-refractivity contribution < 1.29 is 9.59 Å². The molecule has 2 amide bonds. The van der Waals surface area contributed by atoms with Gasteiger partial charge in [0.1, 0.15) is 0 Å². The third kappa shape index (κ3) is 8.70. The van der Waals surface area contributed by atoms with Gasteiger partial charge < -0.3 is 11.5 Å². The maximum Gasteiger partial charge on any atom is 0.223 e. The normalized spacial score (nSPS) is 19.3. The maximum absolute atomic E-state index is 12.2. The Morgan fingerprint density at radius 1 is 0.667 bits per heavy atom. The molecule has 0 atom stereocenters. The molecule has 0 aromatic heterocycles. The van der Waals surface area contributed by atoms with Crippen LogP contribution in [0.25, 0.3) is 0 Å². The number of nitrogens with two attached hydrogens (primary N) is 2. The molecule has 0 spiro atoms. The zero-order valence-corrected chi connectivity index (χ0v) is 15.5. The lowest BCUT2D eigenvalue weighted by atomic mass is 9.73. The number of hydrogen-bond acceptors (Lipinski definition) is 2. The van der Waals surface area contributed by atoms with Gasteiger partial charge >= 0.3 is 0 Å². The van der Waals surface area contributed by atoms with Crippen molar-refractivity contribution >= 4 is 11.8 Å². The molecule has 1 aliphatic carbocycles. The quantitative estimate of drug-likeness (QED) is 0.602. The van der Waals surface area contributed by atoms with Gasteiger partial charge in [0.25, 0.3) is 0 Å². The van der Waals surface area contributed by atoms with Crippen molar-refractivity contribution in [2.75, 3.05) is 0 Å². The van der Waals surface area contributed by atoms with Gasteiger partial charge in [0, 0.05) is 11.8 Å². The number of carbonyl (C=O) groups is 2. The molecular formula is C20H38N2O2. The number of unbranched alkanes of at least 4 members (excludes halogenated alkanes) is 4. The summed E-state index contributed by atoms with van der Waals surface area (Å²) in [6, 6.07) is 0. The lowest BCUT2D eigenvalue weighted by Gasteiger charge is -2.31. The van der Waals surface area contributed by atoms with E-state index in [1.165, 1.54) is 38.5 Å². The van der Waals surface area contributed by atoms with Gasteiger partial charge in [-0.25, -0.2) is 0 Å². The van der Waals surface area contributed by atoms with Crippen LogP contribution in [0.1, 0.15) is 109 Å². The van der Waals surface area contributed by atoms with Crippen molar-refractivity contribution in [2.24, 2.45) is 16.9 Å². The molecule has 24 heavy (non-hydrogen) atoms. The van der Waals surface area contributed by atoms with Crippen molar-refractivity contribution in [3.8, 4) is 0 Å². The Morgan fingerprint density at radius 2 is 1.12 bits per heavy atom. The highest BCUT2D eigenvalue weighted by Gasteiger charge is 2.34. The predicted octanol–water partition coefficient (Wildman–Crippen LogP) is 4.59. The molecule has 1 fully saturated rings. The van der Waals surface area contributed by atoms with Crippen LogP contribution < -0.4 is 11.5 Å². The van der Waals surface area contributed by atoms with Crippen LogP contribution >= 0.6 is 0 Å². The van der Waals surface area contributed by atoms with Crippen LogP contribution in [0.4, 0.5) is 0 Å². The molecule has 0 saturated heterocycles. The van der Waals surface area contributed by atoms with Crippen molar-refractivity contribution in [1.82, 2.24) is 0 Å². The van der Waals surface area contributed by atoms with E-state index in [1.54, 1.807) is 0 Å². The van der Waals surface area contributed by atoms with Crippen LogP contribution in [0.2, 0.25) is 0 Å². The summed E-state index contributed by atoms with van der Waals surface area (Å²) in [5.41, 5.74) is 10.7. The number of amides is 2. The molecule has 0 bridgehead atoms. The maximum atomic E-state index is 12.2. The number of hydrogen-bond donors (Lipinski definition) is 2. The van der Waals surface area contributed by atoms with Crippen molar-refractivity contribution in [2.45, 2.75) is 109 Å². The Balaban J connectivity index is 2.39. The Morgan fingerprint density at radius 3 is 1.62 bits per heavy atom. The highest BCUT2D eigenvalue weighted by molar-refractivity contribution is 5.80. The van der Waals surface area contributed by atoms with E-state index in [1.807, 2.05) is 0 Å². The molecule has 0 aromatic rings. The summed E-state index contributed by atoms with van der Waals surface area (Å²) in [4.78, 5) is 23.0. The average Bonchev–Trinajstić information content (AvgIpc) is 2.59. The van der Waals surface area contributed by atoms with E-state index in [2.05, 4.69) is 0 Å². The molecule has 1 rings (SSSR count). The fourth-order valence-electron chi connectivity index (χ4n) is 4.02. The Labute approximate surface area is 148 Å². The third-order valence-corrected chi connectivity index (χ3v) is 5.66. The molecule has 1 saturated carbocycles. The molecule has 0 radical (unpaired) electrons. The minimum Gasteiger partial charge on any atom is -0.370 e. The van der Waals surface area contributed by atoms with Gasteiger partial charge in [-0.05, 0) is 25.7 Å². The summed E-state index contributed by atoms with van der Waals surface area (Å²) < 4.78 is 0. The third-order valence-electron chi connectivity index (χ3n) is 5.66. The van der Waals surface area contributed by atoms with E-state index in [4.69, 9.17) is 11.5 Å². The smallest absolute Gasteiger partial charge is 0.223 e. The Kier molecular flexibility index (Phi) is 10.8. The van der Waals surface area contributed by atoms with Gasteiger partial charge in [0.15, 0.2) is 0 Å². The van der Waals surface area contributed by atoms with Crippen LogP contribution in [0, 0.1) is 5.41 Å². The van der Waals surface area contributed by atoms with E-state index in [0.29, 0.717) is 6.42 Å². The van der Waals surface area contributed by atoms with Crippen LogP contribution in [0.3, 0.4) is 0 Å². The summed E-state index contributed by atoms with van der Waals surface area (Å²) in [5.74, 6) is -0.282. The van der Waals surface area contributed by atoms with E-state index >= 15 is 0 Å². The van der Waals surface area contributed by atoms with Crippen molar-refractivity contribution in [3.63, 3.8) is 0 Å². The molecule has 0 aliphatic heterocycles. The predicted molar refractivity (Wildman–Crippen MR) is 99.3 cm³/mol. The van der Waals surface area contributed by atoms with Gasteiger partial charge in [-0.3, -0.25) is 9.59 Å². The van der Waals surface area contributed by atoms with E-state index in [0.717, 1.165) is 64.2 Å². The first-order chi connectivity index (χ1) is 11.6. The topological polar surface area (TPSA) is 86.2 Å². The zero-order chi connectivity index (χ0) is 17.7. The second-order valence-corrected chi connectivity index (χ2v) is 7.71. The summed E-state index contributed by atoms with van der Waals surface area (Å²) >= 11 is 0. The first-order valence-corrected chi connectivity index (χ1v) is 10.1. The summed E-state index contributed by atoms with van der Waals surface area (Å²) in [5, 5.41) is 0. The van der Waals surface area contributed by atoms with Crippen LogP contribution in [-0.4, -0.2) is 11.8 Å². The van der Waals surface area contributed by atoms with Gasteiger partial charge in [0.05, 0.1) is 0 Å². The van der Waals surface area contributed by atoms with E-state index in [-0.39, 0.29) is 17.2 Å². The lowest BCUT2D eigenvalue weighted by molar-refractivity contribution is -0.129. The molecule has 1 aliphatic rings. The monoisotopic (exact) mass is 338 g/mol. The van der Waals surface area contributed by atoms with Crippen LogP contribution in [0.15, 0.2) is 0 Å². The molecular weight excluding hydrogens is 300 g/mol. The molecule has 4 N–H and O–H groups in total. The first kappa shape index (κ1) is 21.0. The minimum absolute atomic E-state index is 0.0736. The molecule has 0 heterocycles. The van der Waals surface area contributed by atoms with Gasteiger partial charge in [0.2, 0.25) is 11.8 Å². The first-order valence-electron chi connectivity index (χ1n) is 10.1. The number of rotatable bonds is 9. The minimum atomic E-state index is -0.266. The van der Waals surface area contributed by atoms with E-state index in [9.17, 15) is 9.59 Å². The summed E-state index contributed by atoms with van der Waals surface area (Å²) in [6.45, 7) is 0. The molecule has 0 unspecified atom stereocenters. The second-order valence-electron chi connectivity index (χ2n) is 7.71. The van der Waals surface area contributed by atoms with Crippen molar-refractivity contribution in [3.05, 3.63) is 0 Å². The fourth-order valence-corrected chi connectivity index (χ4v) is 4.02. The van der Waals surface area contributed by atoms with Gasteiger partial charge in [-0.1, -0.05) is 77.0 Å². The highest BCUT2D eigenvalue weighted by atomic mass is 16.1. The molecule has 4 heteroatoms. The SMILES string of the molecule is NC(=O)CCCCCCCC1(C(N)=O)CCCCCCCCCC1. The lowest BCUT2D eigenvalue weighted by Crippen LogP contribution is -2.37. The van der Waals surface area contributed by atoms with Crippen LogP contribution in [-0.2, 0) is 9.59 Å². The molecule has 140 valence electrons.